The number of carbonyl (C=O) groups excluding carboxylic acids is 1. The van der Waals surface area contributed by atoms with Crippen LogP contribution in [0.4, 0.5) is 5.82 Å². The smallest absolute Gasteiger partial charge is 0.337 e. The van der Waals surface area contributed by atoms with Gasteiger partial charge in [0.25, 0.3) is 5.56 Å². The second-order valence-electron chi connectivity index (χ2n) is 7.44. The number of anilines is 1. The molecule has 6 nitrogen and oxygen atoms in total. The lowest BCUT2D eigenvalue weighted by atomic mass is 9.82. The maximum Gasteiger partial charge on any atom is 0.337 e. The number of benzene rings is 1. The van der Waals surface area contributed by atoms with Gasteiger partial charge in [0, 0.05) is 16.5 Å². The minimum atomic E-state index is -0.601. The number of ether oxygens (including phenoxy) is 1. The first kappa shape index (κ1) is 22.4. The highest BCUT2D eigenvalue weighted by Crippen LogP contribution is 2.40. The number of nitrogens with zero attached hydrogens (tertiary/aromatic N) is 1. The molecule has 0 saturated carbocycles. The molecule has 3 rings (SSSR count). The lowest BCUT2D eigenvalue weighted by molar-refractivity contribution is -0.143. The van der Waals surface area contributed by atoms with Gasteiger partial charge in [0.1, 0.15) is 5.82 Å². The molecule has 30 heavy (non-hydrogen) atoms. The standard InChI is InChI=1S/C22H26ClN3O3S/c1-5-6-11-30-22-25-19-18(20(27)26-22)17(14-7-9-15(23)10-8-14)16(13(4)24-19)21(28)29-12(2)3/h7-10,12,17H,5-6,11H2,1-4H3,(H2,24,25,26,27)/t17-/m1/s1. The summed E-state index contributed by atoms with van der Waals surface area (Å²) < 4.78 is 5.48. The summed E-state index contributed by atoms with van der Waals surface area (Å²) in [7, 11) is 0. The molecule has 160 valence electrons. The van der Waals surface area contributed by atoms with E-state index >= 15 is 0 Å². The molecular weight excluding hydrogens is 422 g/mol. The highest BCUT2D eigenvalue weighted by molar-refractivity contribution is 7.99. The van der Waals surface area contributed by atoms with Crippen LogP contribution in [0.25, 0.3) is 0 Å². The van der Waals surface area contributed by atoms with E-state index in [0.29, 0.717) is 32.8 Å². The van der Waals surface area contributed by atoms with Crippen LogP contribution in [-0.4, -0.2) is 27.8 Å². The zero-order valence-corrected chi connectivity index (χ0v) is 19.1. The van der Waals surface area contributed by atoms with Gasteiger partial charge in [-0.25, -0.2) is 9.78 Å². The fraction of sp³-hybridized carbons (Fsp3) is 0.409. The molecule has 1 aliphatic heterocycles. The molecule has 0 bridgehead atoms. The van der Waals surface area contributed by atoms with Gasteiger partial charge in [-0.3, -0.25) is 4.79 Å². The maximum atomic E-state index is 13.1. The summed E-state index contributed by atoms with van der Waals surface area (Å²) in [6.45, 7) is 7.51. The summed E-state index contributed by atoms with van der Waals surface area (Å²) >= 11 is 7.58. The van der Waals surface area contributed by atoms with Gasteiger partial charge in [0.05, 0.1) is 23.2 Å². The Labute approximate surface area is 185 Å². The highest BCUT2D eigenvalue weighted by Gasteiger charge is 2.36. The number of thioether (sulfide) groups is 1. The quantitative estimate of drug-likeness (QED) is 0.266. The van der Waals surface area contributed by atoms with Crippen molar-refractivity contribution in [2.45, 2.75) is 57.7 Å². The Morgan fingerprint density at radius 3 is 2.63 bits per heavy atom. The summed E-state index contributed by atoms with van der Waals surface area (Å²) in [6.07, 6.45) is 1.83. The van der Waals surface area contributed by atoms with Gasteiger partial charge in [-0.1, -0.05) is 48.8 Å². The molecule has 1 aromatic carbocycles. The number of hydrogen-bond donors (Lipinski definition) is 2. The molecule has 2 heterocycles. The van der Waals surface area contributed by atoms with Crippen LogP contribution in [0.3, 0.4) is 0 Å². The van der Waals surface area contributed by atoms with Crippen molar-refractivity contribution >= 4 is 35.1 Å². The minimum absolute atomic E-state index is 0.270. The molecular formula is C22H26ClN3O3S. The third-order valence-electron chi connectivity index (χ3n) is 4.72. The van der Waals surface area contributed by atoms with Crippen LogP contribution in [0, 0.1) is 0 Å². The number of aromatic amines is 1. The normalized spacial score (nSPS) is 15.7. The van der Waals surface area contributed by atoms with E-state index in [1.165, 1.54) is 11.8 Å². The number of esters is 1. The summed E-state index contributed by atoms with van der Waals surface area (Å²) in [5, 5.41) is 4.30. The third kappa shape index (κ3) is 4.90. The number of rotatable bonds is 7. The molecule has 8 heteroatoms. The van der Waals surface area contributed by atoms with Crippen molar-refractivity contribution in [3.8, 4) is 0 Å². The van der Waals surface area contributed by atoms with E-state index in [-0.39, 0.29) is 11.7 Å². The second kappa shape index (κ2) is 9.71. The van der Waals surface area contributed by atoms with Gasteiger partial charge in [0.15, 0.2) is 5.16 Å². The highest BCUT2D eigenvalue weighted by atomic mass is 35.5. The Hall–Kier alpha value is -2.25. The zero-order chi connectivity index (χ0) is 21.8. The summed E-state index contributed by atoms with van der Waals surface area (Å²) in [5.41, 5.74) is 1.93. The Morgan fingerprint density at radius 2 is 2.00 bits per heavy atom. The number of fused-ring (bicyclic) bond motifs is 1. The van der Waals surface area contributed by atoms with E-state index in [0.717, 1.165) is 24.2 Å². The van der Waals surface area contributed by atoms with Gasteiger partial charge in [-0.15, -0.1) is 0 Å². The van der Waals surface area contributed by atoms with E-state index in [1.54, 1.807) is 32.9 Å². The van der Waals surface area contributed by atoms with E-state index in [1.807, 2.05) is 12.1 Å². The zero-order valence-electron chi connectivity index (χ0n) is 17.5. The van der Waals surface area contributed by atoms with Gasteiger partial charge in [-0.05, 0) is 44.9 Å². The molecule has 0 radical (unpaired) electrons. The lowest BCUT2D eigenvalue weighted by Crippen LogP contribution is -2.31. The number of allylic oxidation sites excluding steroid dienone is 1. The molecule has 0 fully saturated rings. The summed E-state index contributed by atoms with van der Waals surface area (Å²) in [6, 6.07) is 7.13. The summed E-state index contributed by atoms with van der Waals surface area (Å²) in [5.74, 6) is 0.285. The molecule has 0 unspecified atom stereocenters. The van der Waals surface area contributed by atoms with Crippen molar-refractivity contribution in [3.05, 3.63) is 62.0 Å². The number of aromatic nitrogens is 2. The first-order valence-corrected chi connectivity index (χ1v) is 11.4. The maximum absolute atomic E-state index is 13.1. The minimum Gasteiger partial charge on any atom is -0.460 e. The summed E-state index contributed by atoms with van der Waals surface area (Å²) in [4.78, 5) is 33.6. The Morgan fingerprint density at radius 1 is 1.30 bits per heavy atom. The topological polar surface area (TPSA) is 84.1 Å². The Kier molecular flexibility index (Phi) is 7.26. The van der Waals surface area contributed by atoms with Gasteiger partial charge in [0.2, 0.25) is 0 Å². The van der Waals surface area contributed by atoms with E-state index in [9.17, 15) is 9.59 Å². The van der Waals surface area contributed by atoms with Crippen molar-refractivity contribution in [2.75, 3.05) is 11.1 Å². The first-order valence-electron chi connectivity index (χ1n) is 10.0. The molecule has 2 N–H and O–H groups in total. The molecule has 1 atom stereocenters. The van der Waals surface area contributed by atoms with Gasteiger partial charge < -0.3 is 15.0 Å². The van der Waals surface area contributed by atoms with Crippen molar-refractivity contribution in [1.82, 2.24) is 9.97 Å². The van der Waals surface area contributed by atoms with Gasteiger partial charge in [-0.2, -0.15) is 0 Å². The Balaban J connectivity index is 2.12. The largest absolute Gasteiger partial charge is 0.460 e. The van der Waals surface area contributed by atoms with Crippen molar-refractivity contribution in [1.29, 1.82) is 0 Å². The number of unbranched alkanes of at least 4 members (excludes halogenated alkanes) is 1. The average Bonchev–Trinajstić information content (AvgIpc) is 2.67. The monoisotopic (exact) mass is 447 g/mol. The second-order valence-corrected chi connectivity index (χ2v) is 8.96. The number of hydrogen-bond acceptors (Lipinski definition) is 6. The van der Waals surface area contributed by atoms with Crippen LogP contribution in [0.1, 0.15) is 57.6 Å². The van der Waals surface area contributed by atoms with E-state index < -0.39 is 11.9 Å². The SMILES string of the molecule is CCCCSc1nc2c(c(=O)[nH]1)[C@H](c1ccc(Cl)cc1)C(C(=O)OC(C)C)=C(C)N2. The Bertz CT molecular complexity index is 1020. The molecule has 0 aliphatic carbocycles. The van der Waals surface area contributed by atoms with Crippen LogP contribution in [0.2, 0.25) is 5.02 Å². The number of carbonyl (C=O) groups is 1. The van der Waals surface area contributed by atoms with Crippen LogP contribution < -0.4 is 10.9 Å². The van der Waals surface area contributed by atoms with Crippen molar-refractivity contribution in [3.63, 3.8) is 0 Å². The molecule has 2 aromatic rings. The van der Waals surface area contributed by atoms with Crippen molar-refractivity contribution < 1.29 is 9.53 Å². The molecule has 0 amide bonds. The van der Waals surface area contributed by atoms with Gasteiger partial charge >= 0.3 is 5.97 Å². The van der Waals surface area contributed by atoms with E-state index in [2.05, 4.69) is 22.2 Å². The molecule has 0 spiro atoms. The number of halogens is 1. The average molecular weight is 448 g/mol. The fourth-order valence-corrected chi connectivity index (χ4v) is 4.42. The van der Waals surface area contributed by atoms with E-state index in [4.69, 9.17) is 16.3 Å². The first-order chi connectivity index (χ1) is 14.3. The van der Waals surface area contributed by atoms with Crippen molar-refractivity contribution in [2.24, 2.45) is 0 Å². The number of nitrogens with one attached hydrogen (secondary N) is 2. The predicted octanol–water partition coefficient (Wildman–Crippen LogP) is 5.10. The van der Waals surface area contributed by atoms with Crippen LogP contribution >= 0.6 is 23.4 Å². The molecule has 1 aromatic heterocycles. The molecule has 0 saturated heterocycles. The fourth-order valence-electron chi connectivity index (χ4n) is 3.35. The predicted molar refractivity (Wildman–Crippen MR) is 121 cm³/mol. The van der Waals surface area contributed by atoms with Crippen LogP contribution in [0.5, 0.6) is 0 Å². The van der Waals surface area contributed by atoms with Crippen LogP contribution in [-0.2, 0) is 9.53 Å². The number of H-pyrrole nitrogens is 1. The van der Waals surface area contributed by atoms with Crippen LogP contribution in [0.15, 0.2) is 45.5 Å². The third-order valence-corrected chi connectivity index (χ3v) is 5.94. The lowest BCUT2D eigenvalue weighted by Gasteiger charge is -2.29. The molecule has 1 aliphatic rings.